The van der Waals surface area contributed by atoms with E-state index in [-0.39, 0.29) is 18.5 Å². The van der Waals surface area contributed by atoms with Gasteiger partial charge in [0.05, 0.1) is 6.26 Å². The van der Waals surface area contributed by atoms with Crippen LogP contribution in [0.25, 0.3) is 0 Å². The first kappa shape index (κ1) is 19.1. The number of amides is 1. The van der Waals surface area contributed by atoms with E-state index in [1.807, 2.05) is 47.8 Å². The van der Waals surface area contributed by atoms with Crippen molar-refractivity contribution in [2.75, 3.05) is 11.9 Å². The Morgan fingerprint density at radius 3 is 2.41 bits per heavy atom. The standard InChI is InChI=1S/C20H18F2N2O2S/c21-20(22)27-16-10-8-15(9-11-16)24-18(25)13-23-19(17-7-4-12-26-17)14-5-2-1-3-6-14/h1-12,19-20,23H,13H2,(H,24,25)/p+1/t19-/m0/s1. The van der Waals surface area contributed by atoms with E-state index in [0.29, 0.717) is 22.3 Å². The number of nitrogens with two attached hydrogens (primary N) is 1. The molecule has 3 aromatic rings. The van der Waals surface area contributed by atoms with E-state index in [0.717, 1.165) is 11.3 Å². The zero-order valence-corrected chi connectivity index (χ0v) is 15.2. The fourth-order valence-electron chi connectivity index (χ4n) is 2.70. The van der Waals surface area contributed by atoms with E-state index in [1.54, 1.807) is 30.5 Å². The number of nitrogens with one attached hydrogen (secondary N) is 1. The van der Waals surface area contributed by atoms with Crippen molar-refractivity contribution in [3.8, 4) is 0 Å². The highest BCUT2D eigenvalue weighted by Crippen LogP contribution is 2.26. The van der Waals surface area contributed by atoms with Gasteiger partial charge in [0.1, 0.15) is 0 Å². The highest BCUT2D eigenvalue weighted by Gasteiger charge is 2.21. The number of hydrogen-bond acceptors (Lipinski definition) is 3. The lowest BCUT2D eigenvalue weighted by molar-refractivity contribution is -0.678. The molecule has 140 valence electrons. The van der Waals surface area contributed by atoms with Crippen LogP contribution in [0.1, 0.15) is 17.4 Å². The van der Waals surface area contributed by atoms with Crippen LogP contribution in [-0.2, 0) is 4.79 Å². The molecule has 0 aliphatic heterocycles. The minimum atomic E-state index is -2.46. The molecular formula is C20H19F2N2O2S+. The lowest BCUT2D eigenvalue weighted by Crippen LogP contribution is -2.87. The molecule has 0 saturated heterocycles. The molecule has 0 aliphatic rings. The summed E-state index contributed by atoms with van der Waals surface area (Å²) in [5.41, 5.74) is 1.61. The van der Waals surface area contributed by atoms with Gasteiger partial charge in [0, 0.05) is 16.1 Å². The number of quaternary nitrogens is 1. The van der Waals surface area contributed by atoms with Gasteiger partial charge in [-0.1, -0.05) is 42.1 Å². The molecule has 0 fully saturated rings. The molecule has 0 radical (unpaired) electrons. The summed E-state index contributed by atoms with van der Waals surface area (Å²) in [4.78, 5) is 12.7. The van der Waals surface area contributed by atoms with Crippen LogP contribution in [0.3, 0.4) is 0 Å². The van der Waals surface area contributed by atoms with Crippen molar-refractivity contribution in [2.24, 2.45) is 0 Å². The number of carbonyl (C=O) groups is 1. The summed E-state index contributed by atoms with van der Waals surface area (Å²) in [5.74, 6) is -1.88. The minimum Gasteiger partial charge on any atom is -0.463 e. The molecule has 2 aromatic carbocycles. The van der Waals surface area contributed by atoms with E-state index in [4.69, 9.17) is 4.42 Å². The predicted octanol–water partition coefficient (Wildman–Crippen LogP) is 3.89. The molecular weight excluding hydrogens is 370 g/mol. The topological polar surface area (TPSA) is 58.9 Å². The average molecular weight is 389 g/mol. The Hall–Kier alpha value is -2.64. The highest BCUT2D eigenvalue weighted by molar-refractivity contribution is 7.99. The number of hydrogen-bond donors (Lipinski definition) is 2. The van der Waals surface area contributed by atoms with Gasteiger partial charge in [0.15, 0.2) is 18.3 Å². The molecule has 0 bridgehead atoms. The monoisotopic (exact) mass is 389 g/mol. The van der Waals surface area contributed by atoms with Crippen molar-refractivity contribution in [1.82, 2.24) is 0 Å². The Balaban J connectivity index is 1.59. The van der Waals surface area contributed by atoms with Crippen LogP contribution < -0.4 is 10.6 Å². The summed E-state index contributed by atoms with van der Waals surface area (Å²) in [6.07, 6.45) is 1.61. The maximum Gasteiger partial charge on any atom is 0.288 e. The molecule has 1 amide bonds. The molecule has 27 heavy (non-hydrogen) atoms. The zero-order valence-electron chi connectivity index (χ0n) is 14.3. The van der Waals surface area contributed by atoms with Crippen molar-refractivity contribution in [3.05, 3.63) is 84.3 Å². The predicted molar refractivity (Wildman–Crippen MR) is 101 cm³/mol. The summed E-state index contributed by atoms with van der Waals surface area (Å²) in [5, 5.41) is 4.67. The lowest BCUT2D eigenvalue weighted by atomic mass is 10.0. The van der Waals surface area contributed by atoms with Crippen molar-refractivity contribution in [2.45, 2.75) is 16.7 Å². The van der Waals surface area contributed by atoms with Gasteiger partial charge in [-0.3, -0.25) is 4.79 Å². The van der Waals surface area contributed by atoms with Crippen LogP contribution in [-0.4, -0.2) is 18.2 Å². The number of thioether (sulfide) groups is 1. The van der Waals surface area contributed by atoms with Crippen molar-refractivity contribution in [3.63, 3.8) is 0 Å². The van der Waals surface area contributed by atoms with Gasteiger partial charge in [-0.15, -0.1) is 0 Å². The Labute approximate surface area is 160 Å². The zero-order chi connectivity index (χ0) is 19.1. The molecule has 1 heterocycles. The molecule has 1 atom stereocenters. The maximum absolute atomic E-state index is 12.3. The fraction of sp³-hybridized carbons (Fsp3) is 0.150. The van der Waals surface area contributed by atoms with Crippen molar-refractivity contribution >= 4 is 23.4 Å². The summed E-state index contributed by atoms with van der Waals surface area (Å²) in [7, 11) is 0. The van der Waals surface area contributed by atoms with Gasteiger partial charge < -0.3 is 15.1 Å². The van der Waals surface area contributed by atoms with Gasteiger partial charge >= 0.3 is 0 Å². The van der Waals surface area contributed by atoms with Crippen molar-refractivity contribution < 1.29 is 23.3 Å². The number of rotatable bonds is 8. The molecule has 3 rings (SSSR count). The first-order valence-corrected chi connectivity index (χ1v) is 9.26. The van der Waals surface area contributed by atoms with E-state index in [2.05, 4.69) is 5.32 Å². The van der Waals surface area contributed by atoms with Crippen molar-refractivity contribution in [1.29, 1.82) is 0 Å². The Bertz CT molecular complexity index is 840. The molecule has 0 unspecified atom stereocenters. The Morgan fingerprint density at radius 1 is 1.04 bits per heavy atom. The van der Waals surface area contributed by atoms with Gasteiger partial charge in [0.25, 0.3) is 11.7 Å². The Kier molecular flexibility index (Phi) is 6.62. The third-order valence-corrected chi connectivity index (χ3v) is 4.63. The molecule has 7 heteroatoms. The minimum absolute atomic E-state index is 0.128. The number of benzene rings is 2. The average Bonchev–Trinajstić information content (AvgIpc) is 3.18. The van der Waals surface area contributed by atoms with Crippen LogP contribution in [0.5, 0.6) is 0 Å². The Morgan fingerprint density at radius 2 is 1.78 bits per heavy atom. The molecule has 0 spiro atoms. The second-order valence-electron chi connectivity index (χ2n) is 5.79. The van der Waals surface area contributed by atoms with E-state index in [9.17, 15) is 13.6 Å². The number of furan rings is 1. The number of alkyl halides is 2. The molecule has 3 N–H and O–H groups in total. The van der Waals surface area contributed by atoms with Gasteiger partial charge in [0.2, 0.25) is 0 Å². The smallest absolute Gasteiger partial charge is 0.288 e. The number of carbonyl (C=O) groups excluding carboxylic acids is 1. The third kappa shape index (κ3) is 5.67. The van der Waals surface area contributed by atoms with Crippen LogP contribution in [0.2, 0.25) is 0 Å². The van der Waals surface area contributed by atoms with Crippen LogP contribution in [0.4, 0.5) is 14.5 Å². The summed E-state index contributed by atoms with van der Waals surface area (Å²) in [6.45, 7) is 0.188. The first-order valence-electron chi connectivity index (χ1n) is 8.38. The molecule has 0 saturated carbocycles. The van der Waals surface area contributed by atoms with Crippen LogP contribution in [0.15, 0.2) is 82.3 Å². The second kappa shape index (κ2) is 9.34. The third-order valence-electron chi connectivity index (χ3n) is 3.91. The second-order valence-corrected chi connectivity index (χ2v) is 6.86. The van der Waals surface area contributed by atoms with Crippen LogP contribution >= 0.6 is 11.8 Å². The fourth-order valence-corrected chi connectivity index (χ4v) is 3.20. The molecule has 1 aromatic heterocycles. The number of anilines is 1. The molecule has 0 aliphatic carbocycles. The SMILES string of the molecule is O=C(C[NH2+][C@@H](c1ccccc1)c1ccco1)Nc1ccc(SC(F)F)cc1. The van der Waals surface area contributed by atoms with Gasteiger partial charge in [-0.2, -0.15) is 8.78 Å². The number of halogens is 2. The lowest BCUT2D eigenvalue weighted by Gasteiger charge is -2.14. The summed E-state index contributed by atoms with van der Waals surface area (Å²) < 4.78 is 30.2. The largest absolute Gasteiger partial charge is 0.463 e. The van der Waals surface area contributed by atoms with Crippen LogP contribution in [0, 0.1) is 0 Å². The maximum atomic E-state index is 12.3. The summed E-state index contributed by atoms with van der Waals surface area (Å²) in [6, 6.07) is 19.7. The van der Waals surface area contributed by atoms with Gasteiger partial charge in [-0.25, -0.2) is 0 Å². The normalized spacial score (nSPS) is 12.1. The quantitative estimate of drug-likeness (QED) is 0.575. The molecule has 4 nitrogen and oxygen atoms in total. The van der Waals surface area contributed by atoms with E-state index >= 15 is 0 Å². The summed E-state index contributed by atoms with van der Waals surface area (Å²) >= 11 is 0.474. The van der Waals surface area contributed by atoms with Gasteiger partial charge in [-0.05, 0) is 36.4 Å². The van der Waals surface area contributed by atoms with E-state index in [1.165, 1.54) is 0 Å². The highest BCUT2D eigenvalue weighted by atomic mass is 32.2. The van der Waals surface area contributed by atoms with E-state index < -0.39 is 5.76 Å². The first-order chi connectivity index (χ1) is 13.1.